The van der Waals surface area contributed by atoms with E-state index in [2.05, 4.69) is 0 Å². The van der Waals surface area contributed by atoms with Crippen LogP contribution >= 0.6 is 0 Å². The third kappa shape index (κ3) is 5.95. The van der Waals surface area contributed by atoms with Gasteiger partial charge in [0.25, 0.3) is 0 Å². The van der Waals surface area contributed by atoms with Crippen LogP contribution < -0.4 is 9.47 Å². The molecule has 2 N–H and O–H groups in total. The number of hydrogen-bond acceptors (Lipinski definition) is 8. The summed E-state index contributed by atoms with van der Waals surface area (Å²) < 4.78 is 21.1. The summed E-state index contributed by atoms with van der Waals surface area (Å²) in [6.07, 6.45) is 2.96. The zero-order valence-corrected chi connectivity index (χ0v) is 17.1. The lowest BCUT2D eigenvalue weighted by Gasteiger charge is -2.32. The Labute approximate surface area is 170 Å². The van der Waals surface area contributed by atoms with Gasteiger partial charge >= 0.3 is 11.9 Å². The highest BCUT2D eigenvalue weighted by atomic mass is 16.7. The number of rotatable bonds is 8. The van der Waals surface area contributed by atoms with Gasteiger partial charge in [-0.3, -0.25) is 4.79 Å². The largest absolute Gasteiger partial charge is 0.463 e. The number of carbonyl (C=O) groups is 2. The van der Waals surface area contributed by atoms with E-state index in [0.717, 1.165) is 5.56 Å². The molecular formula is C21H28O8. The second kappa shape index (κ2) is 9.28. The summed E-state index contributed by atoms with van der Waals surface area (Å²) in [4.78, 5) is 23.9. The molecule has 0 radical (unpaired) electrons. The Morgan fingerprint density at radius 1 is 1.17 bits per heavy atom. The Morgan fingerprint density at radius 3 is 2.48 bits per heavy atom. The van der Waals surface area contributed by atoms with E-state index in [0.29, 0.717) is 11.5 Å². The van der Waals surface area contributed by atoms with Crippen LogP contribution in [0.25, 0.3) is 6.08 Å². The van der Waals surface area contributed by atoms with Crippen LogP contribution in [0.3, 0.4) is 0 Å². The van der Waals surface area contributed by atoms with E-state index in [9.17, 15) is 14.7 Å². The SMILES string of the molecule is CC(CO)(COC(=O)CO)C(=O)OC(/C=C/c1ccc2c(c1)OCO2)C(C)(C)C. The van der Waals surface area contributed by atoms with Crippen molar-refractivity contribution in [2.45, 2.75) is 33.8 Å². The minimum absolute atomic E-state index is 0.186. The van der Waals surface area contributed by atoms with E-state index in [-0.39, 0.29) is 6.79 Å². The Hall–Kier alpha value is -2.58. The molecule has 2 unspecified atom stereocenters. The second-order valence-corrected chi connectivity index (χ2v) is 8.20. The maximum Gasteiger partial charge on any atom is 0.331 e. The third-order valence-electron chi connectivity index (χ3n) is 4.47. The van der Waals surface area contributed by atoms with Crippen LogP contribution in [-0.4, -0.2) is 54.9 Å². The maximum atomic E-state index is 12.7. The lowest BCUT2D eigenvalue weighted by Crippen LogP contribution is -2.42. The minimum atomic E-state index is -1.44. The van der Waals surface area contributed by atoms with Crippen molar-refractivity contribution < 1.29 is 38.7 Å². The Morgan fingerprint density at radius 2 is 1.86 bits per heavy atom. The van der Waals surface area contributed by atoms with Crippen molar-refractivity contribution in [1.82, 2.24) is 0 Å². The average molecular weight is 408 g/mol. The molecule has 1 heterocycles. The van der Waals surface area contributed by atoms with Crippen molar-refractivity contribution in [2.24, 2.45) is 10.8 Å². The van der Waals surface area contributed by atoms with Gasteiger partial charge in [0.15, 0.2) is 11.5 Å². The maximum absolute atomic E-state index is 12.7. The summed E-state index contributed by atoms with van der Waals surface area (Å²) in [6, 6.07) is 5.49. The van der Waals surface area contributed by atoms with Crippen molar-refractivity contribution in [3.05, 3.63) is 29.8 Å². The number of aliphatic hydroxyl groups excluding tert-OH is 2. The van der Waals surface area contributed by atoms with Gasteiger partial charge in [-0.15, -0.1) is 0 Å². The third-order valence-corrected chi connectivity index (χ3v) is 4.47. The van der Waals surface area contributed by atoms with Crippen molar-refractivity contribution in [3.8, 4) is 11.5 Å². The monoisotopic (exact) mass is 408 g/mol. The fourth-order valence-corrected chi connectivity index (χ4v) is 2.43. The molecule has 0 saturated heterocycles. The van der Waals surface area contributed by atoms with Crippen molar-refractivity contribution in [3.63, 3.8) is 0 Å². The molecule has 29 heavy (non-hydrogen) atoms. The topological polar surface area (TPSA) is 112 Å². The molecule has 0 aromatic heterocycles. The number of ether oxygens (including phenoxy) is 4. The fraction of sp³-hybridized carbons (Fsp3) is 0.524. The number of benzene rings is 1. The highest BCUT2D eigenvalue weighted by molar-refractivity contribution is 5.78. The van der Waals surface area contributed by atoms with E-state index in [1.807, 2.05) is 39.0 Å². The van der Waals surface area contributed by atoms with E-state index in [4.69, 9.17) is 24.1 Å². The highest BCUT2D eigenvalue weighted by Gasteiger charge is 2.39. The molecular weight excluding hydrogens is 380 g/mol. The van der Waals surface area contributed by atoms with Gasteiger partial charge in [-0.2, -0.15) is 0 Å². The van der Waals surface area contributed by atoms with Gasteiger partial charge in [0, 0.05) is 5.41 Å². The predicted octanol–water partition coefficient (Wildman–Crippen LogP) is 1.92. The van der Waals surface area contributed by atoms with Gasteiger partial charge in [-0.25, -0.2) is 4.79 Å². The Kier molecular flexibility index (Phi) is 7.26. The highest BCUT2D eigenvalue weighted by Crippen LogP contribution is 2.33. The van der Waals surface area contributed by atoms with Gasteiger partial charge in [0.1, 0.15) is 24.7 Å². The average Bonchev–Trinajstić information content (AvgIpc) is 3.15. The molecule has 0 spiro atoms. The number of hydrogen-bond donors (Lipinski definition) is 2. The first kappa shape index (κ1) is 22.7. The van der Waals surface area contributed by atoms with E-state index >= 15 is 0 Å². The first-order valence-corrected chi connectivity index (χ1v) is 9.25. The van der Waals surface area contributed by atoms with Crippen LogP contribution in [0.1, 0.15) is 33.3 Å². The first-order valence-electron chi connectivity index (χ1n) is 9.25. The molecule has 0 aliphatic carbocycles. The molecule has 0 saturated carbocycles. The molecule has 0 amide bonds. The van der Waals surface area contributed by atoms with Crippen molar-refractivity contribution >= 4 is 18.0 Å². The van der Waals surface area contributed by atoms with Crippen LogP contribution in [-0.2, 0) is 19.1 Å². The second-order valence-electron chi connectivity index (χ2n) is 8.20. The standard InChI is InChI=1S/C21H28O8/c1-20(2,3)17(8-6-14-5-7-15-16(9-14)28-13-27-15)29-19(25)21(4,11-23)12-26-18(24)10-22/h5-9,17,22-23H,10-13H2,1-4H3/b8-6+. The molecule has 8 heteroatoms. The van der Waals surface area contributed by atoms with Gasteiger partial charge in [0.2, 0.25) is 6.79 Å². The Bertz CT molecular complexity index is 764. The summed E-state index contributed by atoms with van der Waals surface area (Å²) in [6.45, 7) is 5.58. The quantitative estimate of drug-likeness (QED) is 0.628. The van der Waals surface area contributed by atoms with Crippen LogP contribution in [0.4, 0.5) is 0 Å². The lowest BCUT2D eigenvalue weighted by molar-refractivity contribution is -0.172. The minimum Gasteiger partial charge on any atom is -0.463 e. The number of esters is 2. The summed E-state index contributed by atoms with van der Waals surface area (Å²) >= 11 is 0. The molecule has 8 nitrogen and oxygen atoms in total. The van der Waals surface area contributed by atoms with Crippen molar-refractivity contribution in [2.75, 3.05) is 26.6 Å². The van der Waals surface area contributed by atoms with Gasteiger partial charge in [-0.05, 0) is 30.7 Å². The zero-order valence-electron chi connectivity index (χ0n) is 17.1. The normalized spacial score (nSPS) is 16.3. The Balaban J connectivity index is 2.13. The molecule has 1 aliphatic heterocycles. The number of fused-ring (bicyclic) bond motifs is 1. The first-order chi connectivity index (χ1) is 13.6. The molecule has 1 aromatic carbocycles. The number of aliphatic hydroxyl groups is 2. The predicted molar refractivity (Wildman–Crippen MR) is 104 cm³/mol. The van der Waals surface area contributed by atoms with Crippen LogP contribution in [0.2, 0.25) is 0 Å². The van der Waals surface area contributed by atoms with Crippen LogP contribution in [0.15, 0.2) is 24.3 Å². The lowest BCUT2D eigenvalue weighted by atomic mass is 9.87. The van der Waals surface area contributed by atoms with E-state index in [1.165, 1.54) is 6.92 Å². The molecule has 2 atom stereocenters. The van der Waals surface area contributed by atoms with Gasteiger partial charge in [0.05, 0.1) is 6.61 Å². The number of carbonyl (C=O) groups excluding carboxylic acids is 2. The molecule has 1 aliphatic rings. The fourth-order valence-electron chi connectivity index (χ4n) is 2.43. The molecule has 2 rings (SSSR count). The van der Waals surface area contributed by atoms with Gasteiger partial charge < -0.3 is 29.2 Å². The molecule has 160 valence electrons. The smallest absolute Gasteiger partial charge is 0.331 e. The molecule has 1 aromatic rings. The zero-order chi connectivity index (χ0) is 21.7. The van der Waals surface area contributed by atoms with Gasteiger partial charge in [-0.1, -0.05) is 32.9 Å². The summed E-state index contributed by atoms with van der Waals surface area (Å²) in [7, 11) is 0. The van der Waals surface area contributed by atoms with Crippen LogP contribution in [0.5, 0.6) is 11.5 Å². The summed E-state index contributed by atoms with van der Waals surface area (Å²) in [5, 5.41) is 18.4. The van der Waals surface area contributed by atoms with E-state index < -0.39 is 48.7 Å². The summed E-state index contributed by atoms with van der Waals surface area (Å²) in [5.41, 5.74) is -1.02. The van der Waals surface area contributed by atoms with E-state index in [1.54, 1.807) is 12.1 Å². The van der Waals surface area contributed by atoms with Crippen LogP contribution in [0, 0.1) is 10.8 Å². The summed E-state index contributed by atoms with van der Waals surface area (Å²) in [5.74, 6) is -0.263. The molecule has 0 fully saturated rings. The van der Waals surface area contributed by atoms with Crippen molar-refractivity contribution in [1.29, 1.82) is 0 Å². The molecule has 0 bridgehead atoms.